The Morgan fingerprint density at radius 1 is 1.12 bits per heavy atom. The zero-order valence-corrected chi connectivity index (χ0v) is 13.5. The number of fused-ring (bicyclic) bond motifs is 2. The lowest BCUT2D eigenvalue weighted by molar-refractivity contribution is -0.119. The van der Waals surface area contributed by atoms with Crippen LogP contribution in [0.25, 0.3) is 5.70 Å². The van der Waals surface area contributed by atoms with Crippen LogP contribution in [-0.2, 0) is 11.2 Å². The number of para-hydroxylation sites is 1. The van der Waals surface area contributed by atoms with Gasteiger partial charge in [0.1, 0.15) is 6.54 Å². The fourth-order valence-corrected chi connectivity index (χ4v) is 3.66. The maximum Gasteiger partial charge on any atom is 0.259 e. The van der Waals surface area contributed by atoms with E-state index in [1.165, 1.54) is 10.5 Å². The molecule has 0 unspecified atom stereocenters. The van der Waals surface area contributed by atoms with Crippen molar-refractivity contribution >= 4 is 23.2 Å². The van der Waals surface area contributed by atoms with Gasteiger partial charge in [-0.25, -0.2) is 0 Å². The number of amides is 2. The quantitative estimate of drug-likeness (QED) is 0.854. The maximum atomic E-state index is 12.9. The largest absolute Gasteiger partial charge is 0.307 e. The minimum Gasteiger partial charge on any atom is -0.307 e. The Morgan fingerprint density at radius 2 is 1.79 bits per heavy atom. The van der Waals surface area contributed by atoms with Gasteiger partial charge in [0, 0.05) is 28.6 Å². The van der Waals surface area contributed by atoms with Crippen LogP contribution in [-0.4, -0.2) is 29.3 Å². The molecule has 24 heavy (non-hydrogen) atoms. The molecule has 0 saturated heterocycles. The summed E-state index contributed by atoms with van der Waals surface area (Å²) in [5.41, 5.74) is 4.15. The number of carbonyl (C=O) groups excluding carboxylic acids is 2. The third kappa shape index (κ3) is 2.07. The zero-order chi connectivity index (χ0) is 16.8. The van der Waals surface area contributed by atoms with Gasteiger partial charge in [0.05, 0.1) is 0 Å². The van der Waals surface area contributed by atoms with Gasteiger partial charge in [0.15, 0.2) is 0 Å². The molecule has 2 amide bonds. The third-order valence-electron chi connectivity index (χ3n) is 4.81. The standard InChI is InChI=1S/C20H18N2O2/c1-13-11-15-7-3-6-10-18(15)22(13)19(23)12-21-14(2)16-8-4-5-9-17(16)20(21)24/h3-10,13H,2,11-12H2,1H3/t13-/m1/s1. The number of anilines is 1. The van der Waals surface area contributed by atoms with Crippen LogP contribution in [0, 0.1) is 0 Å². The number of hydrogen-bond donors (Lipinski definition) is 0. The Kier molecular flexibility index (Phi) is 3.27. The third-order valence-corrected chi connectivity index (χ3v) is 4.81. The molecule has 2 aromatic rings. The van der Waals surface area contributed by atoms with Crippen molar-refractivity contribution in [3.05, 3.63) is 71.8 Å². The molecular weight excluding hydrogens is 300 g/mol. The highest BCUT2D eigenvalue weighted by molar-refractivity contribution is 6.11. The first-order valence-corrected chi connectivity index (χ1v) is 8.08. The van der Waals surface area contributed by atoms with Gasteiger partial charge in [-0.3, -0.25) is 14.5 Å². The summed E-state index contributed by atoms with van der Waals surface area (Å²) in [7, 11) is 0. The van der Waals surface area contributed by atoms with E-state index in [0.29, 0.717) is 11.3 Å². The van der Waals surface area contributed by atoms with Gasteiger partial charge in [-0.15, -0.1) is 0 Å². The zero-order valence-electron chi connectivity index (χ0n) is 13.5. The minimum atomic E-state index is -0.149. The summed E-state index contributed by atoms with van der Waals surface area (Å²) in [5.74, 6) is -0.223. The molecule has 4 rings (SSSR count). The molecule has 1 atom stereocenters. The van der Waals surface area contributed by atoms with Crippen LogP contribution in [0.1, 0.15) is 28.4 Å². The van der Waals surface area contributed by atoms with E-state index in [1.54, 1.807) is 11.0 Å². The highest BCUT2D eigenvalue weighted by Gasteiger charge is 2.36. The number of rotatable bonds is 2. The van der Waals surface area contributed by atoms with Crippen LogP contribution in [0.2, 0.25) is 0 Å². The van der Waals surface area contributed by atoms with Crippen LogP contribution >= 0.6 is 0 Å². The van der Waals surface area contributed by atoms with E-state index in [2.05, 4.69) is 12.6 Å². The predicted octanol–water partition coefficient (Wildman–Crippen LogP) is 3.09. The molecule has 0 bridgehead atoms. The molecule has 4 nitrogen and oxygen atoms in total. The lowest BCUT2D eigenvalue weighted by atomic mass is 10.1. The van der Waals surface area contributed by atoms with Crippen molar-refractivity contribution in [3.8, 4) is 0 Å². The lowest BCUT2D eigenvalue weighted by Gasteiger charge is -2.26. The first kappa shape index (κ1) is 14.7. The van der Waals surface area contributed by atoms with Crippen molar-refractivity contribution in [1.82, 2.24) is 4.90 Å². The summed E-state index contributed by atoms with van der Waals surface area (Å²) >= 11 is 0. The maximum absolute atomic E-state index is 12.9. The average Bonchev–Trinajstić information content (AvgIpc) is 3.04. The van der Waals surface area contributed by atoms with Crippen molar-refractivity contribution in [3.63, 3.8) is 0 Å². The Hall–Kier alpha value is -2.88. The number of hydrogen-bond acceptors (Lipinski definition) is 2. The van der Waals surface area contributed by atoms with Gasteiger partial charge in [-0.2, -0.15) is 0 Å². The van der Waals surface area contributed by atoms with E-state index in [1.807, 2.05) is 43.3 Å². The van der Waals surface area contributed by atoms with E-state index in [0.717, 1.165) is 17.7 Å². The van der Waals surface area contributed by atoms with Crippen molar-refractivity contribution < 1.29 is 9.59 Å². The summed E-state index contributed by atoms with van der Waals surface area (Å²) < 4.78 is 0. The topological polar surface area (TPSA) is 40.6 Å². The molecule has 2 aliphatic rings. The van der Waals surface area contributed by atoms with E-state index >= 15 is 0 Å². The predicted molar refractivity (Wildman–Crippen MR) is 93.6 cm³/mol. The SMILES string of the molecule is C=C1c2ccccc2C(=O)N1CC(=O)N1c2ccccc2C[C@H]1C. The minimum absolute atomic E-state index is 0.0189. The molecule has 4 heteroatoms. The van der Waals surface area contributed by atoms with Gasteiger partial charge < -0.3 is 4.90 Å². The van der Waals surface area contributed by atoms with Crippen molar-refractivity contribution in [1.29, 1.82) is 0 Å². The molecule has 2 heterocycles. The van der Waals surface area contributed by atoms with Crippen LogP contribution in [0.4, 0.5) is 5.69 Å². The van der Waals surface area contributed by atoms with Crippen molar-refractivity contribution in [2.24, 2.45) is 0 Å². The Labute approximate surface area is 141 Å². The highest BCUT2D eigenvalue weighted by atomic mass is 16.2. The van der Waals surface area contributed by atoms with E-state index < -0.39 is 0 Å². The van der Waals surface area contributed by atoms with E-state index in [-0.39, 0.29) is 24.4 Å². The Balaban J connectivity index is 1.60. The fraction of sp³-hybridized carbons (Fsp3) is 0.200. The Bertz CT molecular complexity index is 836. The number of carbonyl (C=O) groups is 2. The second-order valence-electron chi connectivity index (χ2n) is 6.33. The first-order chi connectivity index (χ1) is 11.6. The van der Waals surface area contributed by atoms with Crippen LogP contribution in [0.3, 0.4) is 0 Å². The molecule has 0 aromatic heterocycles. The summed E-state index contributed by atoms with van der Waals surface area (Å²) in [5, 5.41) is 0. The fourth-order valence-electron chi connectivity index (χ4n) is 3.66. The normalized spacial score (nSPS) is 18.8. The monoisotopic (exact) mass is 318 g/mol. The molecular formula is C20H18N2O2. The van der Waals surface area contributed by atoms with Gasteiger partial charge in [-0.1, -0.05) is 43.0 Å². The van der Waals surface area contributed by atoms with Gasteiger partial charge in [0.2, 0.25) is 5.91 Å². The molecule has 0 saturated carbocycles. The number of nitrogens with zero attached hydrogens (tertiary/aromatic N) is 2. The first-order valence-electron chi connectivity index (χ1n) is 8.08. The molecule has 0 spiro atoms. The summed E-state index contributed by atoms with van der Waals surface area (Å²) in [6.45, 7) is 6.06. The summed E-state index contributed by atoms with van der Waals surface area (Å²) in [6, 6.07) is 15.4. The van der Waals surface area contributed by atoms with Crippen LogP contribution in [0.15, 0.2) is 55.1 Å². The highest BCUT2D eigenvalue weighted by Crippen LogP contribution is 2.34. The van der Waals surface area contributed by atoms with Gasteiger partial charge in [-0.05, 0) is 31.0 Å². The Morgan fingerprint density at radius 3 is 2.54 bits per heavy atom. The lowest BCUT2D eigenvalue weighted by Crippen LogP contribution is -2.42. The average molecular weight is 318 g/mol. The molecule has 2 aliphatic heterocycles. The molecule has 0 fully saturated rings. The van der Waals surface area contributed by atoms with E-state index in [9.17, 15) is 9.59 Å². The smallest absolute Gasteiger partial charge is 0.259 e. The molecule has 0 N–H and O–H groups in total. The van der Waals surface area contributed by atoms with Crippen molar-refractivity contribution in [2.75, 3.05) is 11.4 Å². The molecule has 2 aromatic carbocycles. The van der Waals surface area contributed by atoms with Crippen LogP contribution < -0.4 is 4.90 Å². The second kappa shape index (κ2) is 5.34. The second-order valence-corrected chi connectivity index (χ2v) is 6.33. The number of benzene rings is 2. The van der Waals surface area contributed by atoms with Gasteiger partial charge >= 0.3 is 0 Å². The summed E-state index contributed by atoms with van der Waals surface area (Å²) in [6.07, 6.45) is 0.844. The van der Waals surface area contributed by atoms with Crippen LogP contribution in [0.5, 0.6) is 0 Å². The summed E-state index contributed by atoms with van der Waals surface area (Å²) in [4.78, 5) is 28.8. The molecule has 0 radical (unpaired) electrons. The molecule has 120 valence electrons. The van der Waals surface area contributed by atoms with Gasteiger partial charge in [0.25, 0.3) is 5.91 Å². The van der Waals surface area contributed by atoms with E-state index in [4.69, 9.17) is 0 Å². The van der Waals surface area contributed by atoms with Crippen molar-refractivity contribution in [2.45, 2.75) is 19.4 Å². The molecule has 0 aliphatic carbocycles.